The highest BCUT2D eigenvalue weighted by atomic mass is 79.9. The molecule has 0 aromatic heterocycles. The van der Waals surface area contributed by atoms with Crippen LogP contribution >= 0.6 is 15.9 Å². The van der Waals surface area contributed by atoms with Crippen LogP contribution in [0.15, 0.2) is 22.7 Å². The van der Waals surface area contributed by atoms with Crippen molar-refractivity contribution in [1.82, 2.24) is 5.32 Å². The lowest BCUT2D eigenvalue weighted by molar-refractivity contribution is -0.119. The van der Waals surface area contributed by atoms with Gasteiger partial charge in [-0.3, -0.25) is 4.79 Å². The molecule has 1 rings (SSSR count). The van der Waals surface area contributed by atoms with Gasteiger partial charge in [0, 0.05) is 11.0 Å². The summed E-state index contributed by atoms with van der Waals surface area (Å²) in [7, 11) is 1.61. The lowest BCUT2D eigenvalue weighted by atomic mass is 10.3. The van der Waals surface area contributed by atoms with Crippen LogP contribution in [0.1, 0.15) is 19.8 Å². The number of rotatable bonds is 7. The highest BCUT2D eigenvalue weighted by Gasteiger charge is 2.05. The fourth-order valence-corrected chi connectivity index (χ4v) is 1.82. The molecule has 18 heavy (non-hydrogen) atoms. The maximum atomic E-state index is 11.5. The van der Waals surface area contributed by atoms with E-state index in [0.29, 0.717) is 0 Å². The van der Waals surface area contributed by atoms with Crippen LogP contribution in [0.3, 0.4) is 0 Å². The van der Waals surface area contributed by atoms with Crippen LogP contribution in [0.4, 0.5) is 5.69 Å². The van der Waals surface area contributed by atoms with E-state index in [-0.39, 0.29) is 12.5 Å². The number of halogens is 1. The Morgan fingerprint density at radius 1 is 1.44 bits per heavy atom. The summed E-state index contributed by atoms with van der Waals surface area (Å²) in [4.78, 5) is 11.5. The lowest BCUT2D eigenvalue weighted by Gasteiger charge is -2.11. The Hall–Kier alpha value is -1.23. The van der Waals surface area contributed by atoms with Gasteiger partial charge in [-0.05, 0) is 24.6 Å². The van der Waals surface area contributed by atoms with Crippen LogP contribution in [0.2, 0.25) is 0 Å². The molecule has 2 N–H and O–H groups in total. The van der Waals surface area contributed by atoms with E-state index in [2.05, 4.69) is 33.5 Å². The monoisotopic (exact) mass is 314 g/mol. The Kier molecular flexibility index (Phi) is 6.57. The van der Waals surface area contributed by atoms with E-state index >= 15 is 0 Å². The molecule has 0 unspecified atom stereocenters. The van der Waals surface area contributed by atoms with Gasteiger partial charge in [0.05, 0.1) is 19.3 Å². The summed E-state index contributed by atoms with van der Waals surface area (Å²) in [6, 6.07) is 5.63. The number of hydrogen-bond acceptors (Lipinski definition) is 3. The predicted octanol–water partition coefficient (Wildman–Crippen LogP) is 2.79. The summed E-state index contributed by atoms with van der Waals surface area (Å²) >= 11 is 3.39. The summed E-state index contributed by atoms with van der Waals surface area (Å²) in [5.74, 6) is 0.713. The molecular formula is C13H19BrN2O2. The summed E-state index contributed by atoms with van der Waals surface area (Å²) in [5, 5.41) is 5.92. The number of amides is 1. The predicted molar refractivity (Wildman–Crippen MR) is 77.1 cm³/mol. The fourth-order valence-electron chi connectivity index (χ4n) is 1.46. The Morgan fingerprint density at radius 2 is 2.22 bits per heavy atom. The zero-order valence-corrected chi connectivity index (χ0v) is 12.3. The van der Waals surface area contributed by atoms with Crippen molar-refractivity contribution in [2.75, 3.05) is 25.5 Å². The third-order valence-corrected chi connectivity index (χ3v) is 2.95. The number of carbonyl (C=O) groups excluding carboxylic acids is 1. The number of nitrogens with one attached hydrogen (secondary N) is 2. The normalized spacial score (nSPS) is 9.94. The summed E-state index contributed by atoms with van der Waals surface area (Å²) in [6.07, 6.45) is 2.08. The molecule has 0 bridgehead atoms. The second-order valence-corrected chi connectivity index (χ2v) is 4.82. The van der Waals surface area contributed by atoms with Gasteiger partial charge in [-0.15, -0.1) is 0 Å². The fraction of sp³-hybridized carbons (Fsp3) is 0.462. The minimum absolute atomic E-state index is 0.00882. The molecule has 4 nitrogen and oxygen atoms in total. The summed E-state index contributed by atoms with van der Waals surface area (Å²) in [6.45, 7) is 3.07. The van der Waals surface area contributed by atoms with Gasteiger partial charge in [0.1, 0.15) is 5.75 Å². The van der Waals surface area contributed by atoms with E-state index < -0.39 is 0 Å². The topological polar surface area (TPSA) is 50.4 Å². The van der Waals surface area contributed by atoms with E-state index in [1.165, 1.54) is 0 Å². The number of carbonyl (C=O) groups is 1. The number of benzene rings is 1. The van der Waals surface area contributed by atoms with Gasteiger partial charge in [0.15, 0.2) is 0 Å². The molecule has 0 fully saturated rings. The van der Waals surface area contributed by atoms with Gasteiger partial charge in [-0.2, -0.15) is 0 Å². The number of unbranched alkanes of at least 4 members (excludes halogenated alkanes) is 1. The molecule has 0 aliphatic rings. The molecule has 0 aliphatic carbocycles. The Bertz CT molecular complexity index is 397. The lowest BCUT2D eigenvalue weighted by Crippen LogP contribution is -2.30. The quantitative estimate of drug-likeness (QED) is 0.761. The Labute approximate surface area is 116 Å². The molecule has 0 heterocycles. The number of ether oxygens (including phenoxy) is 1. The maximum absolute atomic E-state index is 11.5. The standard InChI is InChI=1S/C13H19BrN2O2/c1-3-4-7-15-13(17)9-16-11-8-10(14)5-6-12(11)18-2/h5-6,8,16H,3-4,7,9H2,1-2H3,(H,15,17). The van der Waals surface area contributed by atoms with Gasteiger partial charge < -0.3 is 15.4 Å². The second kappa shape index (κ2) is 7.97. The minimum atomic E-state index is -0.00882. The van der Waals surface area contributed by atoms with Crippen LogP contribution in [-0.2, 0) is 4.79 Å². The Balaban J connectivity index is 2.47. The third-order valence-electron chi connectivity index (χ3n) is 2.45. The molecule has 1 amide bonds. The molecule has 1 aromatic rings. The molecule has 0 aliphatic heterocycles. The summed E-state index contributed by atoms with van der Waals surface area (Å²) < 4.78 is 6.16. The van der Waals surface area contributed by atoms with Crippen molar-refractivity contribution in [1.29, 1.82) is 0 Å². The second-order valence-electron chi connectivity index (χ2n) is 3.90. The molecule has 0 saturated heterocycles. The van der Waals surface area contributed by atoms with Crippen molar-refractivity contribution in [3.05, 3.63) is 22.7 Å². The van der Waals surface area contributed by atoms with Crippen LogP contribution in [0.5, 0.6) is 5.75 Å². The van der Waals surface area contributed by atoms with E-state index in [0.717, 1.165) is 35.3 Å². The molecule has 0 atom stereocenters. The largest absolute Gasteiger partial charge is 0.495 e. The number of methoxy groups -OCH3 is 1. The van der Waals surface area contributed by atoms with Gasteiger partial charge >= 0.3 is 0 Å². The van der Waals surface area contributed by atoms with Crippen molar-refractivity contribution in [2.45, 2.75) is 19.8 Å². The van der Waals surface area contributed by atoms with Crippen LogP contribution in [0, 0.1) is 0 Å². The van der Waals surface area contributed by atoms with Crippen molar-refractivity contribution in [3.8, 4) is 5.75 Å². The van der Waals surface area contributed by atoms with E-state index in [9.17, 15) is 4.79 Å². The SMILES string of the molecule is CCCCNC(=O)CNc1cc(Br)ccc1OC. The van der Waals surface area contributed by atoms with Crippen molar-refractivity contribution in [2.24, 2.45) is 0 Å². The van der Waals surface area contributed by atoms with Crippen molar-refractivity contribution >= 4 is 27.5 Å². The van der Waals surface area contributed by atoms with Crippen molar-refractivity contribution in [3.63, 3.8) is 0 Å². The first kappa shape index (κ1) is 14.8. The molecule has 1 aromatic carbocycles. The van der Waals surface area contributed by atoms with E-state index in [1.54, 1.807) is 7.11 Å². The average molecular weight is 315 g/mol. The molecular weight excluding hydrogens is 296 g/mol. The highest BCUT2D eigenvalue weighted by molar-refractivity contribution is 9.10. The van der Waals surface area contributed by atoms with Gasteiger partial charge in [0.2, 0.25) is 5.91 Å². The first-order valence-corrected chi connectivity index (χ1v) is 6.80. The Morgan fingerprint density at radius 3 is 2.89 bits per heavy atom. The average Bonchev–Trinajstić information content (AvgIpc) is 2.37. The molecule has 0 saturated carbocycles. The molecule has 100 valence electrons. The van der Waals surface area contributed by atoms with Crippen molar-refractivity contribution < 1.29 is 9.53 Å². The first-order valence-electron chi connectivity index (χ1n) is 6.01. The zero-order chi connectivity index (χ0) is 13.4. The van der Waals surface area contributed by atoms with Crippen LogP contribution < -0.4 is 15.4 Å². The first-order chi connectivity index (χ1) is 8.67. The van der Waals surface area contributed by atoms with E-state index in [4.69, 9.17) is 4.74 Å². The smallest absolute Gasteiger partial charge is 0.239 e. The zero-order valence-electron chi connectivity index (χ0n) is 10.8. The van der Waals surface area contributed by atoms with Crippen LogP contribution in [-0.4, -0.2) is 26.1 Å². The maximum Gasteiger partial charge on any atom is 0.239 e. The van der Waals surface area contributed by atoms with E-state index in [1.807, 2.05) is 18.2 Å². The highest BCUT2D eigenvalue weighted by Crippen LogP contribution is 2.27. The third kappa shape index (κ3) is 4.96. The van der Waals surface area contributed by atoms with Crippen LogP contribution in [0.25, 0.3) is 0 Å². The molecule has 0 radical (unpaired) electrons. The molecule has 5 heteroatoms. The van der Waals surface area contributed by atoms with Gasteiger partial charge in [-0.1, -0.05) is 29.3 Å². The number of anilines is 1. The molecule has 0 spiro atoms. The van der Waals surface area contributed by atoms with Gasteiger partial charge in [0.25, 0.3) is 0 Å². The summed E-state index contributed by atoms with van der Waals surface area (Å²) in [5.41, 5.74) is 0.803. The minimum Gasteiger partial charge on any atom is -0.495 e. The van der Waals surface area contributed by atoms with Gasteiger partial charge in [-0.25, -0.2) is 0 Å². The number of hydrogen-bond donors (Lipinski definition) is 2.